The summed E-state index contributed by atoms with van der Waals surface area (Å²) < 4.78 is 5.54. The summed E-state index contributed by atoms with van der Waals surface area (Å²) in [6.07, 6.45) is 4.46. The standard InChI is InChI=1S/C7H13NO/c1-2-6-5-9-7(3-1)4-8-6/h6-8H,1-5H2/t6-,7-/m1/s1. The van der Waals surface area contributed by atoms with Crippen LogP contribution in [0, 0.1) is 0 Å². The summed E-state index contributed by atoms with van der Waals surface area (Å²) in [6.45, 7) is 2.04. The fourth-order valence-electron chi connectivity index (χ4n) is 1.63. The van der Waals surface area contributed by atoms with Crippen molar-refractivity contribution in [2.75, 3.05) is 13.2 Å². The van der Waals surface area contributed by atoms with Crippen LogP contribution >= 0.6 is 0 Å². The van der Waals surface area contributed by atoms with Crippen LogP contribution in [0.25, 0.3) is 0 Å². The van der Waals surface area contributed by atoms with Crippen LogP contribution in [-0.4, -0.2) is 25.3 Å². The predicted molar refractivity (Wildman–Crippen MR) is 35.4 cm³/mol. The molecule has 1 N–H and O–H groups in total. The molecule has 0 amide bonds. The molecule has 0 aliphatic carbocycles. The van der Waals surface area contributed by atoms with Crippen molar-refractivity contribution < 1.29 is 4.74 Å². The van der Waals surface area contributed by atoms with Crippen molar-refractivity contribution >= 4 is 0 Å². The lowest BCUT2D eigenvalue weighted by atomic mass is 10.1. The second kappa shape index (κ2) is 2.27. The van der Waals surface area contributed by atoms with Crippen molar-refractivity contribution in [1.82, 2.24) is 5.32 Å². The zero-order valence-corrected chi connectivity index (χ0v) is 5.60. The molecular weight excluding hydrogens is 114 g/mol. The molecule has 9 heavy (non-hydrogen) atoms. The van der Waals surface area contributed by atoms with Crippen LogP contribution in [0.4, 0.5) is 0 Å². The fourth-order valence-corrected chi connectivity index (χ4v) is 1.63. The van der Waals surface area contributed by atoms with E-state index in [4.69, 9.17) is 4.74 Å². The molecule has 0 unspecified atom stereocenters. The molecule has 52 valence electrons. The van der Waals surface area contributed by atoms with Gasteiger partial charge in [-0.05, 0) is 19.3 Å². The van der Waals surface area contributed by atoms with Gasteiger partial charge in [0, 0.05) is 12.6 Å². The summed E-state index contributed by atoms with van der Waals surface area (Å²) in [5.74, 6) is 0. The van der Waals surface area contributed by atoms with E-state index < -0.39 is 0 Å². The number of morpholine rings is 1. The molecule has 0 aromatic carbocycles. The highest BCUT2D eigenvalue weighted by atomic mass is 16.5. The molecule has 3 fully saturated rings. The zero-order valence-electron chi connectivity index (χ0n) is 5.60. The number of fused-ring (bicyclic) bond motifs is 4. The number of hydrogen-bond acceptors (Lipinski definition) is 2. The Hall–Kier alpha value is -0.0800. The molecule has 0 radical (unpaired) electrons. The monoisotopic (exact) mass is 127 g/mol. The smallest absolute Gasteiger partial charge is 0.0700 e. The van der Waals surface area contributed by atoms with Crippen molar-refractivity contribution in [3.8, 4) is 0 Å². The SMILES string of the molecule is C1C[C@@H]2CO[C@H](C1)CN2. The van der Waals surface area contributed by atoms with Crippen molar-refractivity contribution in [1.29, 1.82) is 0 Å². The largest absolute Gasteiger partial charge is 0.375 e. The lowest BCUT2D eigenvalue weighted by molar-refractivity contribution is 0.0168. The molecule has 3 saturated heterocycles. The van der Waals surface area contributed by atoms with Gasteiger partial charge in [0.15, 0.2) is 0 Å². The van der Waals surface area contributed by atoms with E-state index in [1.807, 2.05) is 0 Å². The van der Waals surface area contributed by atoms with Gasteiger partial charge in [-0.15, -0.1) is 0 Å². The molecule has 2 atom stereocenters. The van der Waals surface area contributed by atoms with E-state index in [1.165, 1.54) is 19.3 Å². The van der Waals surface area contributed by atoms with Gasteiger partial charge in [-0.3, -0.25) is 0 Å². The number of rotatable bonds is 0. The first kappa shape index (κ1) is 5.69. The Labute approximate surface area is 55.6 Å². The molecule has 0 spiro atoms. The van der Waals surface area contributed by atoms with Crippen molar-refractivity contribution in [3.05, 3.63) is 0 Å². The van der Waals surface area contributed by atoms with E-state index >= 15 is 0 Å². The van der Waals surface area contributed by atoms with Crippen LogP contribution in [0.15, 0.2) is 0 Å². The van der Waals surface area contributed by atoms with E-state index in [9.17, 15) is 0 Å². The fraction of sp³-hybridized carbons (Fsp3) is 1.00. The highest BCUT2D eigenvalue weighted by molar-refractivity contribution is 4.80. The number of ether oxygens (including phenoxy) is 1. The second-order valence-corrected chi connectivity index (χ2v) is 2.99. The Kier molecular flexibility index (Phi) is 1.44. The van der Waals surface area contributed by atoms with Crippen LogP contribution in [0.3, 0.4) is 0 Å². The Morgan fingerprint density at radius 3 is 3.11 bits per heavy atom. The molecule has 3 heterocycles. The van der Waals surface area contributed by atoms with Gasteiger partial charge in [-0.1, -0.05) is 0 Å². The van der Waals surface area contributed by atoms with Crippen molar-refractivity contribution in [2.45, 2.75) is 31.4 Å². The topological polar surface area (TPSA) is 21.3 Å². The molecular formula is C7H13NO. The number of hydrogen-bond donors (Lipinski definition) is 1. The van der Waals surface area contributed by atoms with Crippen LogP contribution in [0.1, 0.15) is 19.3 Å². The van der Waals surface area contributed by atoms with Crippen molar-refractivity contribution in [2.24, 2.45) is 0 Å². The normalized spacial score (nSPS) is 42.7. The summed E-state index contributed by atoms with van der Waals surface area (Å²) in [7, 11) is 0. The van der Waals surface area contributed by atoms with E-state index in [0.717, 1.165) is 13.2 Å². The van der Waals surface area contributed by atoms with Crippen LogP contribution < -0.4 is 5.32 Å². The first-order valence-corrected chi connectivity index (χ1v) is 3.80. The molecule has 0 saturated carbocycles. The molecule has 0 aromatic heterocycles. The van der Waals surface area contributed by atoms with Crippen molar-refractivity contribution in [3.63, 3.8) is 0 Å². The molecule has 3 aliphatic rings. The van der Waals surface area contributed by atoms with Crippen LogP contribution in [-0.2, 0) is 4.74 Å². The minimum absolute atomic E-state index is 0.531. The van der Waals surface area contributed by atoms with Crippen LogP contribution in [0.5, 0.6) is 0 Å². The highest BCUT2D eigenvalue weighted by Crippen LogP contribution is 2.17. The minimum atomic E-state index is 0.531. The third-order valence-corrected chi connectivity index (χ3v) is 2.25. The van der Waals surface area contributed by atoms with Gasteiger partial charge >= 0.3 is 0 Å². The Morgan fingerprint density at radius 2 is 2.33 bits per heavy atom. The zero-order chi connectivity index (χ0) is 6.10. The molecule has 2 heteroatoms. The molecule has 2 nitrogen and oxygen atoms in total. The van der Waals surface area contributed by atoms with Gasteiger partial charge in [-0.2, -0.15) is 0 Å². The van der Waals surface area contributed by atoms with E-state index in [0.29, 0.717) is 12.1 Å². The van der Waals surface area contributed by atoms with E-state index in [1.54, 1.807) is 0 Å². The van der Waals surface area contributed by atoms with Gasteiger partial charge < -0.3 is 10.1 Å². The third kappa shape index (κ3) is 1.10. The second-order valence-electron chi connectivity index (χ2n) is 2.99. The summed E-state index contributed by atoms with van der Waals surface area (Å²) in [4.78, 5) is 0. The first-order chi connectivity index (χ1) is 4.45. The van der Waals surface area contributed by atoms with E-state index in [2.05, 4.69) is 5.32 Å². The lowest BCUT2D eigenvalue weighted by Gasteiger charge is -2.25. The average Bonchev–Trinajstić information content (AvgIpc) is 2.21. The highest BCUT2D eigenvalue weighted by Gasteiger charge is 2.24. The Bertz CT molecular complexity index is 79.6. The van der Waals surface area contributed by atoms with E-state index in [-0.39, 0.29) is 0 Å². The minimum Gasteiger partial charge on any atom is -0.375 e. The van der Waals surface area contributed by atoms with Gasteiger partial charge in [0.1, 0.15) is 0 Å². The molecule has 0 aromatic rings. The molecule has 3 aliphatic heterocycles. The van der Waals surface area contributed by atoms with Gasteiger partial charge in [0.05, 0.1) is 12.7 Å². The van der Waals surface area contributed by atoms with Crippen LogP contribution in [0.2, 0.25) is 0 Å². The maximum absolute atomic E-state index is 5.54. The first-order valence-electron chi connectivity index (χ1n) is 3.80. The summed E-state index contributed by atoms with van der Waals surface area (Å²) in [6, 6.07) is 0.670. The Morgan fingerprint density at radius 1 is 1.33 bits per heavy atom. The number of nitrogens with one attached hydrogen (secondary N) is 1. The maximum atomic E-state index is 5.54. The quantitative estimate of drug-likeness (QED) is 0.512. The van der Waals surface area contributed by atoms with Gasteiger partial charge in [0.25, 0.3) is 0 Å². The molecule has 2 bridgehead atoms. The summed E-state index contributed by atoms with van der Waals surface area (Å²) in [5, 5.41) is 3.46. The Balaban J connectivity index is 2.03. The van der Waals surface area contributed by atoms with Gasteiger partial charge in [0.2, 0.25) is 0 Å². The molecule has 3 rings (SSSR count). The summed E-state index contributed by atoms with van der Waals surface area (Å²) in [5.41, 5.74) is 0. The maximum Gasteiger partial charge on any atom is 0.0700 e. The summed E-state index contributed by atoms with van der Waals surface area (Å²) >= 11 is 0. The average molecular weight is 127 g/mol. The van der Waals surface area contributed by atoms with Gasteiger partial charge in [-0.25, -0.2) is 0 Å². The third-order valence-electron chi connectivity index (χ3n) is 2.25. The predicted octanol–water partition coefficient (Wildman–Crippen LogP) is 0.527. The lowest BCUT2D eigenvalue weighted by Crippen LogP contribution is -2.43.